The molecule has 2 rings (SSSR count). The number of ether oxygens (including phenoxy) is 1. The zero-order valence-corrected chi connectivity index (χ0v) is 14.6. The van der Waals surface area contributed by atoms with Crippen LogP contribution in [0.2, 0.25) is 0 Å². The van der Waals surface area contributed by atoms with Gasteiger partial charge in [-0.25, -0.2) is 8.42 Å². The molecule has 1 heterocycles. The maximum absolute atomic E-state index is 12.6. The van der Waals surface area contributed by atoms with Crippen molar-refractivity contribution in [1.82, 2.24) is 10.3 Å². The minimum atomic E-state index is -3.56. The van der Waals surface area contributed by atoms with Gasteiger partial charge in [-0.1, -0.05) is 6.92 Å². The van der Waals surface area contributed by atoms with Gasteiger partial charge < -0.3 is 20.8 Å². The summed E-state index contributed by atoms with van der Waals surface area (Å²) < 4.78 is 28.8. The maximum atomic E-state index is 12.6. The molecular weight excluding hydrogens is 330 g/mol. The first-order chi connectivity index (χ1) is 11.3. The third kappa shape index (κ3) is 3.70. The van der Waals surface area contributed by atoms with Crippen molar-refractivity contribution < 1.29 is 17.9 Å². The number of nitrogens with two attached hydrogens (primary N) is 1. The van der Waals surface area contributed by atoms with E-state index in [1.165, 1.54) is 19.2 Å². The molecule has 1 aromatic carbocycles. The summed E-state index contributed by atoms with van der Waals surface area (Å²) in [6, 6.07) is 6.09. The van der Waals surface area contributed by atoms with Gasteiger partial charge in [0, 0.05) is 24.2 Å². The summed E-state index contributed by atoms with van der Waals surface area (Å²) >= 11 is 0. The fourth-order valence-electron chi connectivity index (χ4n) is 2.44. The van der Waals surface area contributed by atoms with Crippen LogP contribution in [0.1, 0.15) is 35.4 Å². The van der Waals surface area contributed by atoms with E-state index in [0.717, 1.165) is 11.9 Å². The first-order valence-electron chi connectivity index (χ1n) is 7.39. The van der Waals surface area contributed by atoms with Crippen LogP contribution in [-0.4, -0.2) is 32.7 Å². The molecule has 0 fully saturated rings. The van der Waals surface area contributed by atoms with Gasteiger partial charge >= 0.3 is 0 Å². The fourth-order valence-corrected chi connectivity index (χ4v) is 3.26. The van der Waals surface area contributed by atoms with E-state index in [1.807, 2.05) is 19.1 Å². The van der Waals surface area contributed by atoms with Gasteiger partial charge in [0.1, 0.15) is 5.75 Å². The van der Waals surface area contributed by atoms with Crippen molar-refractivity contribution in [2.75, 3.05) is 19.1 Å². The molecule has 0 saturated carbocycles. The van der Waals surface area contributed by atoms with Crippen molar-refractivity contribution in [3.63, 3.8) is 0 Å². The van der Waals surface area contributed by atoms with Crippen molar-refractivity contribution in [3.8, 4) is 5.75 Å². The Balaban J connectivity index is 2.41. The molecule has 1 unspecified atom stereocenters. The number of benzene rings is 1. The fraction of sp³-hybridized carbons (Fsp3) is 0.312. The van der Waals surface area contributed by atoms with Gasteiger partial charge in [0.25, 0.3) is 5.91 Å². The number of amides is 1. The number of methoxy groups -OCH3 is 1. The average Bonchev–Trinajstić information content (AvgIpc) is 3.04. The van der Waals surface area contributed by atoms with Gasteiger partial charge in [-0.05, 0) is 24.6 Å². The van der Waals surface area contributed by atoms with Crippen LogP contribution >= 0.6 is 0 Å². The van der Waals surface area contributed by atoms with Crippen LogP contribution in [0.5, 0.6) is 5.75 Å². The molecule has 0 aliphatic rings. The predicted octanol–water partition coefficient (Wildman–Crippen LogP) is 1.89. The summed E-state index contributed by atoms with van der Waals surface area (Å²) in [5.74, 6) is -0.211. The molecule has 0 radical (unpaired) electrons. The molecule has 8 heteroatoms. The number of anilines is 1. The van der Waals surface area contributed by atoms with Crippen LogP contribution < -0.4 is 15.8 Å². The third-order valence-corrected chi connectivity index (χ3v) is 4.84. The molecule has 4 N–H and O–H groups in total. The van der Waals surface area contributed by atoms with E-state index in [-0.39, 0.29) is 27.9 Å². The van der Waals surface area contributed by atoms with Gasteiger partial charge in [-0.3, -0.25) is 4.79 Å². The summed E-state index contributed by atoms with van der Waals surface area (Å²) in [5, 5.41) is 2.87. The number of sulfone groups is 1. The zero-order valence-electron chi connectivity index (χ0n) is 13.8. The first-order valence-corrected chi connectivity index (χ1v) is 9.28. The Morgan fingerprint density at radius 1 is 1.42 bits per heavy atom. The van der Waals surface area contributed by atoms with E-state index >= 15 is 0 Å². The van der Waals surface area contributed by atoms with Crippen LogP contribution in [0.25, 0.3) is 0 Å². The lowest BCUT2D eigenvalue weighted by Crippen LogP contribution is -2.29. The van der Waals surface area contributed by atoms with E-state index < -0.39 is 15.7 Å². The molecule has 0 aliphatic heterocycles. The highest BCUT2D eigenvalue weighted by Gasteiger charge is 2.22. The van der Waals surface area contributed by atoms with Crippen molar-refractivity contribution >= 4 is 21.4 Å². The topological polar surface area (TPSA) is 114 Å². The van der Waals surface area contributed by atoms with Gasteiger partial charge in [0.2, 0.25) is 0 Å². The minimum Gasteiger partial charge on any atom is -0.496 e. The molecule has 24 heavy (non-hydrogen) atoms. The smallest absolute Gasteiger partial charge is 0.255 e. The van der Waals surface area contributed by atoms with E-state index in [1.54, 1.807) is 6.20 Å². The second-order valence-corrected chi connectivity index (χ2v) is 7.41. The number of aromatic amines is 1. The largest absolute Gasteiger partial charge is 0.496 e. The molecule has 1 aromatic heterocycles. The highest BCUT2D eigenvalue weighted by atomic mass is 32.2. The number of H-pyrrole nitrogens is 1. The highest BCUT2D eigenvalue weighted by molar-refractivity contribution is 7.90. The Kier molecular flexibility index (Phi) is 5.18. The Hall–Kier alpha value is -2.48. The van der Waals surface area contributed by atoms with Crippen molar-refractivity contribution in [1.29, 1.82) is 0 Å². The Morgan fingerprint density at radius 3 is 2.62 bits per heavy atom. The summed E-state index contributed by atoms with van der Waals surface area (Å²) in [4.78, 5) is 15.6. The van der Waals surface area contributed by atoms with Crippen LogP contribution in [0.15, 0.2) is 35.4 Å². The first kappa shape index (κ1) is 17.9. The quantitative estimate of drug-likeness (QED) is 0.688. The van der Waals surface area contributed by atoms with Crippen LogP contribution in [0.3, 0.4) is 0 Å². The standard InChI is InChI=1S/C16H21N3O4S/c1-4-12(13-6-5-7-18-13)19-16(20)10-8-15(24(3,21)22)11(17)9-14(10)23-2/h5-9,12,18H,4,17H2,1-3H3,(H,19,20). The number of rotatable bonds is 6. The number of hydrogen-bond donors (Lipinski definition) is 3. The van der Waals surface area contributed by atoms with E-state index in [2.05, 4.69) is 10.3 Å². The monoisotopic (exact) mass is 351 g/mol. The molecule has 0 saturated heterocycles. The van der Waals surface area contributed by atoms with Gasteiger partial charge in [0.05, 0.1) is 29.3 Å². The molecular formula is C16H21N3O4S. The van der Waals surface area contributed by atoms with Crippen LogP contribution in [0, 0.1) is 0 Å². The van der Waals surface area contributed by atoms with Gasteiger partial charge in [-0.2, -0.15) is 0 Å². The Labute approximate surface area is 141 Å². The SMILES string of the molecule is CCC(NC(=O)c1cc(S(C)(=O)=O)c(N)cc1OC)c1ccc[nH]1. The molecule has 7 nitrogen and oxygen atoms in total. The predicted molar refractivity (Wildman–Crippen MR) is 91.8 cm³/mol. The lowest BCUT2D eigenvalue weighted by molar-refractivity contribution is 0.0931. The normalized spacial score (nSPS) is 12.6. The number of carbonyl (C=O) groups excluding carboxylic acids is 1. The van der Waals surface area contributed by atoms with Gasteiger partial charge in [-0.15, -0.1) is 0 Å². The summed E-state index contributed by atoms with van der Waals surface area (Å²) in [7, 11) is -2.16. The molecule has 0 bridgehead atoms. The number of carbonyl (C=O) groups is 1. The van der Waals surface area contributed by atoms with Gasteiger partial charge in [0.15, 0.2) is 9.84 Å². The van der Waals surface area contributed by atoms with Crippen molar-refractivity contribution in [2.45, 2.75) is 24.3 Å². The third-order valence-electron chi connectivity index (χ3n) is 3.69. The number of aromatic nitrogens is 1. The number of hydrogen-bond acceptors (Lipinski definition) is 5. The van der Waals surface area contributed by atoms with E-state index in [4.69, 9.17) is 10.5 Å². The van der Waals surface area contributed by atoms with Crippen LogP contribution in [0.4, 0.5) is 5.69 Å². The molecule has 0 spiro atoms. The molecule has 2 aromatic rings. The number of nitrogens with one attached hydrogen (secondary N) is 2. The van der Waals surface area contributed by atoms with E-state index in [9.17, 15) is 13.2 Å². The Bertz CT molecular complexity index is 829. The minimum absolute atomic E-state index is 0.0438. The Morgan fingerprint density at radius 2 is 2.12 bits per heavy atom. The van der Waals surface area contributed by atoms with Crippen molar-refractivity contribution in [2.24, 2.45) is 0 Å². The summed E-state index contributed by atoms with van der Waals surface area (Å²) in [6.45, 7) is 1.94. The summed E-state index contributed by atoms with van der Waals surface area (Å²) in [5.41, 5.74) is 6.79. The maximum Gasteiger partial charge on any atom is 0.255 e. The average molecular weight is 351 g/mol. The molecule has 1 amide bonds. The molecule has 0 aliphatic carbocycles. The van der Waals surface area contributed by atoms with Crippen LogP contribution in [-0.2, 0) is 9.84 Å². The highest BCUT2D eigenvalue weighted by Crippen LogP contribution is 2.29. The van der Waals surface area contributed by atoms with Crippen molar-refractivity contribution in [3.05, 3.63) is 41.7 Å². The molecule has 1 atom stereocenters. The molecule has 130 valence electrons. The van der Waals surface area contributed by atoms with E-state index in [0.29, 0.717) is 6.42 Å². The second kappa shape index (κ2) is 6.96. The number of nitrogen functional groups attached to an aromatic ring is 1. The lowest BCUT2D eigenvalue weighted by Gasteiger charge is -2.18. The lowest BCUT2D eigenvalue weighted by atomic mass is 10.1. The summed E-state index contributed by atoms with van der Waals surface area (Å²) in [6.07, 6.45) is 3.48. The zero-order chi connectivity index (χ0) is 17.9. The second-order valence-electron chi connectivity index (χ2n) is 5.42.